The molecule has 1 saturated carbocycles. The lowest BCUT2D eigenvalue weighted by atomic mass is 9.86. The van der Waals surface area contributed by atoms with Gasteiger partial charge in [0.2, 0.25) is 5.60 Å². The normalized spacial score (nSPS) is 32.5. The Bertz CT molecular complexity index is 519. The fraction of sp³-hybridized carbons (Fsp3) is 0.500. The average molecular weight is 229 g/mol. The van der Waals surface area contributed by atoms with E-state index in [0.29, 0.717) is 0 Å². The molecule has 2 fully saturated rings. The molecule has 4 rings (SSSR count). The largest absolute Gasteiger partial charge is 0.347 e. The molecular formula is C14H15NO2. The van der Waals surface area contributed by atoms with Gasteiger partial charge in [0.05, 0.1) is 5.69 Å². The molecular weight excluding hydrogens is 214 g/mol. The second-order valence-corrected chi connectivity index (χ2v) is 5.37. The van der Waals surface area contributed by atoms with E-state index in [2.05, 4.69) is 0 Å². The lowest BCUT2D eigenvalue weighted by molar-refractivity contribution is -0.122. The van der Waals surface area contributed by atoms with E-state index in [0.717, 1.165) is 24.1 Å². The van der Waals surface area contributed by atoms with Gasteiger partial charge in [-0.3, -0.25) is 4.79 Å². The predicted molar refractivity (Wildman–Crippen MR) is 63.8 cm³/mol. The van der Waals surface area contributed by atoms with Crippen LogP contribution in [0.5, 0.6) is 0 Å². The maximum absolute atomic E-state index is 12.5. The topological polar surface area (TPSA) is 32.8 Å². The van der Waals surface area contributed by atoms with Crippen LogP contribution in [0.25, 0.3) is 0 Å². The minimum Gasteiger partial charge on any atom is -0.347 e. The number of carbonyl (C=O) groups excluding carboxylic acids is 1. The van der Waals surface area contributed by atoms with Crippen LogP contribution in [0.1, 0.15) is 31.2 Å². The first kappa shape index (κ1) is 9.66. The number of para-hydroxylation sites is 1. The Labute approximate surface area is 100 Å². The summed E-state index contributed by atoms with van der Waals surface area (Å²) in [4.78, 5) is 14.3. The van der Waals surface area contributed by atoms with Gasteiger partial charge in [-0.25, -0.2) is 0 Å². The van der Waals surface area contributed by atoms with Gasteiger partial charge in [0.15, 0.2) is 0 Å². The van der Waals surface area contributed by atoms with Crippen molar-refractivity contribution in [2.24, 2.45) is 0 Å². The van der Waals surface area contributed by atoms with E-state index < -0.39 is 5.60 Å². The van der Waals surface area contributed by atoms with Crippen LogP contribution in [0, 0.1) is 0 Å². The Morgan fingerprint density at radius 3 is 2.71 bits per heavy atom. The number of ether oxygens (including phenoxy) is 1. The number of carbonyl (C=O) groups is 1. The zero-order valence-electron chi connectivity index (χ0n) is 9.90. The van der Waals surface area contributed by atoms with Crippen LogP contribution in [0.15, 0.2) is 24.3 Å². The monoisotopic (exact) mass is 229 g/mol. The molecule has 1 aromatic carbocycles. The second-order valence-electron chi connectivity index (χ2n) is 5.37. The Kier molecular flexibility index (Phi) is 1.55. The summed E-state index contributed by atoms with van der Waals surface area (Å²) in [6.07, 6.45) is 4.42. The summed E-state index contributed by atoms with van der Waals surface area (Å²) in [7, 11) is 1.85. The summed E-state index contributed by atoms with van der Waals surface area (Å²) in [5, 5.41) is 0. The number of anilines is 1. The molecule has 0 radical (unpaired) electrons. The number of fused-ring (bicyclic) bond motifs is 3. The van der Waals surface area contributed by atoms with Crippen molar-refractivity contribution < 1.29 is 9.53 Å². The van der Waals surface area contributed by atoms with Gasteiger partial charge >= 0.3 is 0 Å². The van der Waals surface area contributed by atoms with Crippen molar-refractivity contribution in [3.8, 4) is 0 Å². The van der Waals surface area contributed by atoms with Gasteiger partial charge in [0.1, 0.15) is 5.60 Å². The summed E-state index contributed by atoms with van der Waals surface area (Å²) in [6.45, 7) is 0. The van der Waals surface area contributed by atoms with E-state index in [1.54, 1.807) is 4.90 Å². The van der Waals surface area contributed by atoms with Crippen molar-refractivity contribution in [3.63, 3.8) is 0 Å². The van der Waals surface area contributed by atoms with Crippen LogP contribution < -0.4 is 4.90 Å². The molecule has 3 aliphatic rings. The number of benzene rings is 1. The summed E-state index contributed by atoms with van der Waals surface area (Å²) in [6, 6.07) is 8.03. The first-order valence-electron chi connectivity index (χ1n) is 6.29. The second kappa shape index (κ2) is 2.72. The van der Waals surface area contributed by atoms with Crippen molar-refractivity contribution in [1.82, 2.24) is 0 Å². The fourth-order valence-electron chi connectivity index (χ4n) is 3.73. The third-order valence-corrected chi connectivity index (χ3v) is 4.61. The van der Waals surface area contributed by atoms with Crippen LogP contribution in [0.2, 0.25) is 0 Å². The number of rotatable bonds is 0. The molecule has 1 atom stereocenters. The average Bonchev–Trinajstić information content (AvgIpc) is 2.63. The van der Waals surface area contributed by atoms with Crippen LogP contribution in [-0.4, -0.2) is 18.6 Å². The molecule has 0 aromatic heterocycles. The van der Waals surface area contributed by atoms with Crippen LogP contribution in [-0.2, 0) is 15.1 Å². The van der Waals surface area contributed by atoms with Crippen LogP contribution in [0.3, 0.4) is 0 Å². The number of likely N-dealkylation sites (N-methyl/N-ethyl adjacent to an activating group) is 1. The van der Waals surface area contributed by atoms with E-state index in [9.17, 15) is 4.79 Å². The third kappa shape index (κ3) is 0.879. The van der Waals surface area contributed by atoms with Crippen molar-refractivity contribution >= 4 is 11.6 Å². The highest BCUT2D eigenvalue weighted by Gasteiger charge is 2.78. The molecule has 88 valence electrons. The predicted octanol–water partition coefficient (Wildman–Crippen LogP) is 2.20. The smallest absolute Gasteiger partial charge is 0.266 e. The molecule has 2 spiro atoms. The zero-order valence-corrected chi connectivity index (χ0v) is 9.90. The van der Waals surface area contributed by atoms with Gasteiger partial charge in [0, 0.05) is 12.6 Å². The Balaban J connectivity index is 1.91. The maximum atomic E-state index is 12.5. The maximum Gasteiger partial charge on any atom is 0.266 e. The molecule has 1 unspecified atom stereocenters. The minimum atomic E-state index is -0.630. The number of epoxide rings is 1. The van der Waals surface area contributed by atoms with Gasteiger partial charge < -0.3 is 9.64 Å². The molecule has 2 heterocycles. The molecule has 3 heteroatoms. The fourth-order valence-corrected chi connectivity index (χ4v) is 3.73. The van der Waals surface area contributed by atoms with E-state index >= 15 is 0 Å². The quantitative estimate of drug-likeness (QED) is 0.639. The molecule has 1 aliphatic carbocycles. The Hall–Kier alpha value is -1.35. The first-order chi connectivity index (χ1) is 8.21. The molecule has 17 heavy (non-hydrogen) atoms. The summed E-state index contributed by atoms with van der Waals surface area (Å²) >= 11 is 0. The molecule has 0 bridgehead atoms. The van der Waals surface area contributed by atoms with Crippen molar-refractivity contribution in [2.75, 3.05) is 11.9 Å². The molecule has 1 saturated heterocycles. The number of hydrogen-bond donors (Lipinski definition) is 0. The summed E-state index contributed by atoms with van der Waals surface area (Å²) in [5.74, 6) is 0.126. The molecule has 0 N–H and O–H groups in total. The van der Waals surface area contributed by atoms with Crippen LogP contribution in [0.4, 0.5) is 5.69 Å². The Morgan fingerprint density at radius 2 is 1.94 bits per heavy atom. The molecule has 1 aromatic rings. The van der Waals surface area contributed by atoms with Gasteiger partial charge in [-0.05, 0) is 18.9 Å². The van der Waals surface area contributed by atoms with Gasteiger partial charge in [-0.1, -0.05) is 31.0 Å². The lowest BCUT2D eigenvalue weighted by Crippen LogP contribution is -2.34. The minimum absolute atomic E-state index is 0.126. The van der Waals surface area contributed by atoms with Crippen molar-refractivity contribution in [3.05, 3.63) is 29.8 Å². The van der Waals surface area contributed by atoms with E-state index in [4.69, 9.17) is 4.74 Å². The molecule has 2 aliphatic heterocycles. The van der Waals surface area contributed by atoms with Gasteiger partial charge in [-0.2, -0.15) is 0 Å². The highest BCUT2D eigenvalue weighted by atomic mass is 16.6. The standard InChI is InChI=1S/C14H15NO2/c1-15-11-7-3-2-6-10(11)14(12(15)16)13(17-14)8-4-5-9-13/h2-3,6-7H,4-5,8-9H2,1H3. The Morgan fingerprint density at radius 1 is 1.24 bits per heavy atom. The number of hydrogen-bond acceptors (Lipinski definition) is 2. The zero-order chi connectivity index (χ0) is 11.7. The highest BCUT2D eigenvalue weighted by molar-refractivity contribution is 6.09. The summed E-state index contributed by atoms with van der Waals surface area (Å²) in [5.41, 5.74) is 1.29. The molecule has 1 amide bonds. The van der Waals surface area contributed by atoms with Crippen LogP contribution >= 0.6 is 0 Å². The third-order valence-electron chi connectivity index (χ3n) is 4.61. The van der Waals surface area contributed by atoms with Crippen molar-refractivity contribution in [2.45, 2.75) is 36.9 Å². The van der Waals surface area contributed by atoms with E-state index in [1.807, 2.05) is 31.3 Å². The van der Waals surface area contributed by atoms with Crippen molar-refractivity contribution in [1.29, 1.82) is 0 Å². The first-order valence-corrected chi connectivity index (χ1v) is 6.29. The van der Waals surface area contributed by atoms with Gasteiger partial charge in [-0.15, -0.1) is 0 Å². The van der Waals surface area contributed by atoms with E-state index in [1.165, 1.54) is 12.8 Å². The SMILES string of the molecule is CN1C(=O)C2(OC23CCCC3)c2ccccc21. The number of nitrogens with zero attached hydrogens (tertiary/aromatic N) is 1. The lowest BCUT2D eigenvalue weighted by Gasteiger charge is -2.10. The van der Waals surface area contributed by atoms with Gasteiger partial charge in [0.25, 0.3) is 5.91 Å². The molecule has 3 nitrogen and oxygen atoms in total. The number of amides is 1. The van der Waals surface area contributed by atoms with E-state index in [-0.39, 0.29) is 11.5 Å². The summed E-state index contributed by atoms with van der Waals surface area (Å²) < 4.78 is 6.03. The highest BCUT2D eigenvalue weighted by Crippen LogP contribution is 2.67.